The quantitative estimate of drug-likeness (QED) is 0.284. The van der Waals surface area contributed by atoms with E-state index in [1.807, 2.05) is 4.90 Å². The number of nitrogens with zero attached hydrogens (tertiary/aromatic N) is 1. The molecule has 0 radical (unpaired) electrons. The van der Waals surface area contributed by atoms with Gasteiger partial charge in [0.1, 0.15) is 0 Å². The normalized spacial score (nSPS) is 16.4. The Morgan fingerprint density at radius 1 is 0.865 bits per heavy atom. The molecule has 0 bridgehead atoms. The maximum Gasteiger partial charge on any atom is 0.176 e. The molecule has 2 aromatic carbocycles. The van der Waals surface area contributed by atoms with Crippen LogP contribution < -0.4 is 24.3 Å². The van der Waals surface area contributed by atoms with Gasteiger partial charge in [-0.3, -0.25) is 14.5 Å². The third-order valence-electron chi connectivity index (χ3n) is 6.34. The van der Waals surface area contributed by atoms with E-state index in [0.717, 1.165) is 0 Å². The first kappa shape index (κ1) is 28.4. The predicted molar refractivity (Wildman–Crippen MR) is 139 cm³/mol. The minimum absolute atomic E-state index is 0.0107. The van der Waals surface area contributed by atoms with Crippen LogP contribution in [0.3, 0.4) is 0 Å². The van der Waals surface area contributed by atoms with Crippen LogP contribution in [-0.4, -0.2) is 97.0 Å². The van der Waals surface area contributed by atoms with E-state index in [-0.39, 0.29) is 42.2 Å². The molecule has 1 aliphatic heterocycles. The van der Waals surface area contributed by atoms with Gasteiger partial charge in [0.05, 0.1) is 53.0 Å². The molecule has 1 atom stereocenters. The van der Waals surface area contributed by atoms with Gasteiger partial charge in [-0.15, -0.1) is 0 Å². The highest BCUT2D eigenvalue weighted by atomic mass is 32.2. The zero-order valence-electron chi connectivity index (χ0n) is 21.6. The molecule has 0 unspecified atom stereocenters. The van der Waals surface area contributed by atoms with Crippen molar-refractivity contribution in [1.82, 2.24) is 10.2 Å². The van der Waals surface area contributed by atoms with Crippen molar-refractivity contribution in [3.05, 3.63) is 47.5 Å². The number of Topliss-reactive ketones (excluding diaryl/α,β-unsaturated/α-hetero) is 2. The second-order valence-corrected chi connectivity index (χ2v) is 10.9. The van der Waals surface area contributed by atoms with Gasteiger partial charge in [-0.25, -0.2) is 8.42 Å². The molecule has 1 N–H and O–H groups in total. The highest BCUT2D eigenvalue weighted by Gasteiger charge is 2.33. The molecule has 0 amide bonds. The minimum atomic E-state index is -3.14. The van der Waals surface area contributed by atoms with Crippen molar-refractivity contribution in [2.75, 3.05) is 66.1 Å². The van der Waals surface area contributed by atoms with Crippen molar-refractivity contribution < 1.29 is 37.0 Å². The summed E-state index contributed by atoms with van der Waals surface area (Å²) in [5.41, 5.74) is 0.924. The Morgan fingerprint density at radius 2 is 1.41 bits per heavy atom. The van der Waals surface area contributed by atoms with E-state index in [1.165, 1.54) is 28.4 Å². The molecule has 1 saturated heterocycles. The molecule has 1 aliphatic rings. The highest BCUT2D eigenvalue weighted by Crippen LogP contribution is 2.29. The molecule has 2 aromatic rings. The lowest BCUT2D eigenvalue weighted by molar-refractivity contribution is 0.0896. The molecule has 0 spiro atoms. The number of carbonyl (C=O) groups is 2. The van der Waals surface area contributed by atoms with E-state index < -0.39 is 9.84 Å². The summed E-state index contributed by atoms with van der Waals surface area (Å²) in [6.07, 6.45) is 0.464. The van der Waals surface area contributed by atoms with Gasteiger partial charge in [0, 0.05) is 30.3 Å². The van der Waals surface area contributed by atoms with Crippen LogP contribution in [0.4, 0.5) is 0 Å². The summed E-state index contributed by atoms with van der Waals surface area (Å²) in [6, 6.07) is 9.64. The molecule has 11 heteroatoms. The van der Waals surface area contributed by atoms with Gasteiger partial charge in [0.15, 0.2) is 44.4 Å². The minimum Gasteiger partial charge on any atom is -0.493 e. The van der Waals surface area contributed by atoms with Crippen molar-refractivity contribution in [1.29, 1.82) is 0 Å². The van der Waals surface area contributed by atoms with Gasteiger partial charge < -0.3 is 24.3 Å². The zero-order valence-corrected chi connectivity index (χ0v) is 22.4. The van der Waals surface area contributed by atoms with Crippen LogP contribution in [0.2, 0.25) is 0 Å². The smallest absolute Gasteiger partial charge is 0.176 e. The maximum atomic E-state index is 13.1. The molecule has 0 saturated carbocycles. The summed E-state index contributed by atoms with van der Waals surface area (Å²) in [5.74, 6) is 1.79. The molecule has 1 heterocycles. The van der Waals surface area contributed by atoms with Crippen molar-refractivity contribution in [2.45, 2.75) is 12.5 Å². The Bertz CT molecular complexity index is 1220. The first-order valence-corrected chi connectivity index (χ1v) is 13.7. The molecule has 37 heavy (non-hydrogen) atoms. The van der Waals surface area contributed by atoms with Crippen LogP contribution in [0.1, 0.15) is 27.1 Å². The number of benzene rings is 2. The first-order valence-electron chi connectivity index (χ1n) is 11.9. The molecule has 202 valence electrons. The Balaban J connectivity index is 1.63. The van der Waals surface area contributed by atoms with E-state index in [0.29, 0.717) is 53.6 Å². The van der Waals surface area contributed by atoms with E-state index in [9.17, 15) is 18.0 Å². The predicted octanol–water partition coefficient (Wildman–Crippen LogP) is 1.87. The lowest BCUT2D eigenvalue weighted by Gasteiger charge is -2.27. The number of hydrogen-bond donors (Lipinski definition) is 1. The molecule has 0 aliphatic carbocycles. The monoisotopic (exact) mass is 534 g/mol. The first-order chi connectivity index (χ1) is 17.7. The van der Waals surface area contributed by atoms with Gasteiger partial charge in [0.25, 0.3) is 0 Å². The number of nitrogens with one attached hydrogen (secondary N) is 1. The SMILES string of the molecule is COc1ccc(C(=O)CNCCN(CC(=O)c2ccc(OC)c(OC)c2)[C@H]2CCS(=O)(=O)C2)cc1OC. The molecular formula is C26H34N2O8S. The zero-order chi connectivity index (χ0) is 27.0. The fourth-order valence-corrected chi connectivity index (χ4v) is 6.04. The molecule has 3 rings (SSSR count). The van der Waals surface area contributed by atoms with Crippen LogP contribution >= 0.6 is 0 Å². The van der Waals surface area contributed by atoms with Crippen molar-refractivity contribution in [3.63, 3.8) is 0 Å². The van der Waals surface area contributed by atoms with Crippen molar-refractivity contribution in [2.24, 2.45) is 0 Å². The lowest BCUT2D eigenvalue weighted by Crippen LogP contribution is -2.44. The summed E-state index contributed by atoms with van der Waals surface area (Å²) in [5, 5.41) is 3.11. The van der Waals surface area contributed by atoms with E-state index >= 15 is 0 Å². The largest absolute Gasteiger partial charge is 0.493 e. The van der Waals surface area contributed by atoms with Crippen LogP contribution in [0.5, 0.6) is 23.0 Å². The standard InChI is InChI=1S/C26H34N2O8S/c1-33-23-7-5-18(13-25(23)35-3)21(29)15-27-10-11-28(20-9-12-37(31,32)17-20)16-22(30)19-6-8-24(34-2)26(14-19)36-4/h5-8,13-14,20,27H,9-12,15-17H2,1-4H3/t20-/m0/s1. The second kappa shape index (κ2) is 12.9. The summed E-state index contributed by atoms with van der Waals surface area (Å²) in [4.78, 5) is 27.6. The Kier molecular flexibility index (Phi) is 9.90. The van der Waals surface area contributed by atoms with Gasteiger partial charge >= 0.3 is 0 Å². The maximum absolute atomic E-state index is 13.1. The van der Waals surface area contributed by atoms with Crippen molar-refractivity contribution >= 4 is 21.4 Å². The number of rotatable bonds is 14. The van der Waals surface area contributed by atoms with Crippen LogP contribution in [0.25, 0.3) is 0 Å². The van der Waals surface area contributed by atoms with E-state index in [1.54, 1.807) is 36.4 Å². The van der Waals surface area contributed by atoms with Gasteiger partial charge in [-0.1, -0.05) is 0 Å². The third kappa shape index (κ3) is 7.43. The number of carbonyl (C=O) groups excluding carboxylic acids is 2. The number of methoxy groups -OCH3 is 4. The number of sulfone groups is 1. The molecule has 10 nitrogen and oxygen atoms in total. The Morgan fingerprint density at radius 3 is 1.89 bits per heavy atom. The number of ether oxygens (including phenoxy) is 4. The van der Waals surface area contributed by atoms with Gasteiger partial charge in [-0.2, -0.15) is 0 Å². The van der Waals surface area contributed by atoms with Crippen LogP contribution in [0.15, 0.2) is 36.4 Å². The highest BCUT2D eigenvalue weighted by molar-refractivity contribution is 7.91. The average Bonchev–Trinajstić information content (AvgIpc) is 3.28. The fraction of sp³-hybridized carbons (Fsp3) is 0.462. The van der Waals surface area contributed by atoms with Crippen molar-refractivity contribution in [3.8, 4) is 23.0 Å². The summed E-state index contributed by atoms with van der Waals surface area (Å²) in [7, 11) is 2.91. The van der Waals surface area contributed by atoms with E-state index in [2.05, 4.69) is 5.32 Å². The third-order valence-corrected chi connectivity index (χ3v) is 8.09. The fourth-order valence-electron chi connectivity index (χ4n) is 4.28. The topological polar surface area (TPSA) is 120 Å². The second-order valence-electron chi connectivity index (χ2n) is 8.69. The van der Waals surface area contributed by atoms with Gasteiger partial charge in [0.2, 0.25) is 0 Å². The Hall–Kier alpha value is -3.15. The summed E-state index contributed by atoms with van der Waals surface area (Å²) < 4.78 is 45.2. The van der Waals surface area contributed by atoms with Crippen LogP contribution in [-0.2, 0) is 9.84 Å². The number of ketones is 2. The lowest BCUT2D eigenvalue weighted by atomic mass is 10.1. The van der Waals surface area contributed by atoms with Gasteiger partial charge in [-0.05, 0) is 42.8 Å². The average molecular weight is 535 g/mol. The summed E-state index contributed by atoms with van der Waals surface area (Å²) in [6.45, 7) is 0.921. The molecule has 1 fully saturated rings. The molecular weight excluding hydrogens is 500 g/mol. The summed E-state index contributed by atoms with van der Waals surface area (Å²) >= 11 is 0. The van der Waals surface area contributed by atoms with E-state index in [4.69, 9.17) is 18.9 Å². The Labute approximate surface area is 217 Å². The van der Waals surface area contributed by atoms with Crippen LogP contribution in [0, 0.1) is 0 Å². The number of hydrogen-bond acceptors (Lipinski definition) is 10. The molecule has 0 aromatic heterocycles.